The number of hydrazone groups is 1. The van der Waals surface area contributed by atoms with E-state index < -0.39 is 10.0 Å². The van der Waals surface area contributed by atoms with Gasteiger partial charge in [-0.05, 0) is 89.1 Å². The first kappa shape index (κ1) is 30.8. The number of amides is 1. The molecule has 0 radical (unpaired) electrons. The van der Waals surface area contributed by atoms with Crippen LogP contribution >= 0.6 is 0 Å². The lowest BCUT2D eigenvalue weighted by Gasteiger charge is -2.28. The zero-order valence-corrected chi connectivity index (χ0v) is 26.4. The monoisotopic (exact) mass is 606 g/mol. The van der Waals surface area contributed by atoms with Crippen molar-refractivity contribution in [3.63, 3.8) is 0 Å². The summed E-state index contributed by atoms with van der Waals surface area (Å²) in [7, 11) is -3.67. The number of anilines is 2. The molecule has 0 spiro atoms. The Balaban J connectivity index is 1.41. The Morgan fingerprint density at radius 2 is 1.63 bits per heavy atom. The highest BCUT2D eigenvalue weighted by molar-refractivity contribution is 7.89. The number of aryl methyl sites for hydroxylation is 1. The van der Waals surface area contributed by atoms with Crippen molar-refractivity contribution >= 4 is 33.5 Å². The standard InChI is InChI=1S/C32H42N6O4S/c1-5-35(6-2)28-11-9-26(10-12-28)32(39)34-33-23-27-21-24(3)38(25(27)4)31-22-29(13-14-30(31)36-15-7-8-16-36)43(40,41)37-17-19-42-20-18-37/h9-14,21-23H,5-8,15-20H2,1-4H3,(H,34,39)/b33-23-. The van der Waals surface area contributed by atoms with E-state index >= 15 is 0 Å². The number of carbonyl (C=O) groups excluding carboxylic acids is 1. The van der Waals surface area contributed by atoms with Gasteiger partial charge in [0.25, 0.3) is 5.91 Å². The number of hydrogen-bond donors (Lipinski definition) is 1. The lowest BCUT2D eigenvalue weighted by molar-refractivity contribution is 0.0730. The van der Waals surface area contributed by atoms with E-state index in [1.807, 2.05) is 50.2 Å². The minimum atomic E-state index is -3.67. The lowest BCUT2D eigenvalue weighted by atomic mass is 10.2. The van der Waals surface area contributed by atoms with Gasteiger partial charge in [0, 0.05) is 67.5 Å². The fourth-order valence-corrected chi connectivity index (χ4v) is 7.36. The van der Waals surface area contributed by atoms with Gasteiger partial charge in [0.15, 0.2) is 0 Å². The van der Waals surface area contributed by atoms with Gasteiger partial charge in [-0.15, -0.1) is 0 Å². The van der Waals surface area contributed by atoms with E-state index in [1.54, 1.807) is 18.3 Å². The average molecular weight is 607 g/mol. The summed E-state index contributed by atoms with van der Waals surface area (Å²) in [6.07, 6.45) is 3.85. The van der Waals surface area contributed by atoms with Gasteiger partial charge in [-0.1, -0.05) is 0 Å². The highest BCUT2D eigenvalue weighted by Crippen LogP contribution is 2.34. The van der Waals surface area contributed by atoms with Crippen LogP contribution < -0.4 is 15.2 Å². The maximum atomic E-state index is 13.6. The summed E-state index contributed by atoms with van der Waals surface area (Å²) < 4.78 is 36.1. The zero-order chi connectivity index (χ0) is 30.6. The van der Waals surface area contributed by atoms with Crippen LogP contribution in [-0.4, -0.2) is 81.9 Å². The molecule has 230 valence electrons. The zero-order valence-electron chi connectivity index (χ0n) is 25.5. The smallest absolute Gasteiger partial charge is 0.271 e. The van der Waals surface area contributed by atoms with Crippen LogP contribution in [0.2, 0.25) is 0 Å². The molecule has 3 heterocycles. The van der Waals surface area contributed by atoms with Crippen LogP contribution in [0.3, 0.4) is 0 Å². The SMILES string of the molecule is CCN(CC)c1ccc(C(=O)N/N=C\c2cc(C)n(-c3cc(S(=O)(=O)N4CCOCC4)ccc3N3CCCC3)c2C)cc1. The highest BCUT2D eigenvalue weighted by atomic mass is 32.2. The van der Waals surface area contributed by atoms with E-state index in [0.717, 1.165) is 73.0 Å². The number of carbonyl (C=O) groups is 1. The quantitative estimate of drug-likeness (QED) is 0.273. The molecule has 5 rings (SSSR count). The average Bonchev–Trinajstić information content (AvgIpc) is 3.66. The van der Waals surface area contributed by atoms with Crippen molar-refractivity contribution in [3.05, 3.63) is 71.0 Å². The second-order valence-electron chi connectivity index (χ2n) is 10.9. The molecule has 1 aromatic heterocycles. The summed E-state index contributed by atoms with van der Waals surface area (Å²) in [5, 5.41) is 4.26. The van der Waals surface area contributed by atoms with E-state index in [-0.39, 0.29) is 10.8 Å². The second-order valence-corrected chi connectivity index (χ2v) is 12.9. The Bertz CT molecular complexity index is 1570. The maximum absolute atomic E-state index is 13.6. The Morgan fingerprint density at radius 1 is 0.953 bits per heavy atom. The number of ether oxygens (including phenoxy) is 1. The van der Waals surface area contributed by atoms with Gasteiger partial charge in [-0.3, -0.25) is 4.79 Å². The molecule has 0 aliphatic carbocycles. The van der Waals surface area contributed by atoms with Crippen LogP contribution in [0.5, 0.6) is 0 Å². The van der Waals surface area contributed by atoms with Gasteiger partial charge in [-0.2, -0.15) is 9.41 Å². The highest BCUT2D eigenvalue weighted by Gasteiger charge is 2.29. The van der Waals surface area contributed by atoms with Crippen LogP contribution in [0.25, 0.3) is 5.69 Å². The molecule has 3 aromatic rings. The fourth-order valence-electron chi connectivity index (χ4n) is 5.93. The molecule has 1 amide bonds. The maximum Gasteiger partial charge on any atom is 0.271 e. The van der Waals surface area contributed by atoms with Crippen molar-refractivity contribution in [2.24, 2.45) is 5.10 Å². The summed E-state index contributed by atoms with van der Waals surface area (Å²) >= 11 is 0. The molecule has 0 saturated carbocycles. The summed E-state index contributed by atoms with van der Waals surface area (Å²) in [5.41, 5.74) is 8.77. The molecule has 0 bridgehead atoms. The molecule has 0 unspecified atom stereocenters. The van der Waals surface area contributed by atoms with Crippen molar-refractivity contribution in [1.82, 2.24) is 14.3 Å². The molecule has 0 atom stereocenters. The van der Waals surface area contributed by atoms with Gasteiger partial charge in [-0.25, -0.2) is 13.8 Å². The van der Waals surface area contributed by atoms with Gasteiger partial charge in [0.05, 0.1) is 35.7 Å². The number of morpholine rings is 1. The number of nitrogens with one attached hydrogen (secondary N) is 1. The molecule has 2 aliphatic rings. The predicted octanol–water partition coefficient (Wildman–Crippen LogP) is 4.33. The largest absolute Gasteiger partial charge is 0.379 e. The van der Waals surface area contributed by atoms with Gasteiger partial charge in [0.1, 0.15) is 0 Å². The van der Waals surface area contributed by atoms with Crippen LogP contribution in [0, 0.1) is 13.8 Å². The van der Waals surface area contributed by atoms with Gasteiger partial charge < -0.3 is 19.1 Å². The molecule has 1 N–H and O–H groups in total. The van der Waals surface area contributed by atoms with Crippen molar-refractivity contribution in [2.75, 3.05) is 62.3 Å². The summed E-state index contributed by atoms with van der Waals surface area (Å²) in [6, 6.07) is 15.0. The number of benzene rings is 2. The Kier molecular flexibility index (Phi) is 9.53. The number of rotatable bonds is 10. The molecular formula is C32H42N6O4S. The molecule has 2 saturated heterocycles. The first-order valence-corrected chi connectivity index (χ1v) is 16.5. The number of sulfonamides is 1. The Morgan fingerprint density at radius 3 is 2.28 bits per heavy atom. The first-order valence-electron chi connectivity index (χ1n) is 15.1. The normalized spacial score (nSPS) is 16.2. The molecule has 2 aromatic carbocycles. The van der Waals surface area contributed by atoms with Crippen LogP contribution in [0.1, 0.15) is 54.0 Å². The van der Waals surface area contributed by atoms with Crippen molar-refractivity contribution < 1.29 is 17.9 Å². The summed E-state index contributed by atoms with van der Waals surface area (Å²) in [4.78, 5) is 17.6. The Labute approximate surface area is 255 Å². The van der Waals surface area contributed by atoms with E-state index in [2.05, 4.69) is 38.7 Å². The summed E-state index contributed by atoms with van der Waals surface area (Å²) in [5.74, 6) is -0.284. The minimum absolute atomic E-state index is 0.273. The van der Waals surface area contributed by atoms with Gasteiger partial charge in [0.2, 0.25) is 10.0 Å². The molecule has 2 fully saturated rings. The Hall–Kier alpha value is -3.67. The predicted molar refractivity (Wildman–Crippen MR) is 171 cm³/mol. The molecule has 10 nitrogen and oxygen atoms in total. The van der Waals surface area contributed by atoms with Crippen LogP contribution in [-0.2, 0) is 14.8 Å². The molecule has 11 heteroatoms. The minimum Gasteiger partial charge on any atom is -0.379 e. The first-order chi connectivity index (χ1) is 20.7. The van der Waals surface area contributed by atoms with Crippen molar-refractivity contribution in [1.29, 1.82) is 0 Å². The van der Waals surface area contributed by atoms with Gasteiger partial charge >= 0.3 is 0 Å². The number of aromatic nitrogens is 1. The van der Waals surface area contributed by atoms with E-state index in [4.69, 9.17) is 4.74 Å². The number of nitrogens with zero attached hydrogens (tertiary/aromatic N) is 5. The summed E-state index contributed by atoms with van der Waals surface area (Å²) in [6.45, 7) is 13.3. The molecule has 43 heavy (non-hydrogen) atoms. The third-order valence-corrected chi connectivity index (χ3v) is 10.2. The van der Waals surface area contributed by atoms with E-state index in [1.165, 1.54) is 4.31 Å². The molecular weight excluding hydrogens is 564 g/mol. The number of hydrogen-bond acceptors (Lipinski definition) is 7. The topological polar surface area (TPSA) is 99.5 Å². The van der Waals surface area contributed by atoms with Crippen molar-refractivity contribution in [2.45, 2.75) is 45.4 Å². The second kappa shape index (κ2) is 13.3. The van der Waals surface area contributed by atoms with E-state index in [9.17, 15) is 13.2 Å². The fraction of sp³-hybridized carbons (Fsp3) is 0.438. The van der Waals surface area contributed by atoms with E-state index in [0.29, 0.717) is 31.9 Å². The van der Waals surface area contributed by atoms with Crippen molar-refractivity contribution in [3.8, 4) is 5.69 Å². The lowest BCUT2D eigenvalue weighted by Crippen LogP contribution is -2.40. The van der Waals surface area contributed by atoms with Crippen LogP contribution in [0.15, 0.2) is 58.5 Å². The third kappa shape index (κ3) is 6.48. The van der Waals surface area contributed by atoms with Crippen LogP contribution in [0.4, 0.5) is 11.4 Å². The molecule has 2 aliphatic heterocycles. The third-order valence-electron chi connectivity index (χ3n) is 8.34.